The smallest absolute Gasteiger partial charge is 0.185 e. The van der Waals surface area contributed by atoms with E-state index in [2.05, 4.69) is 56.2 Å². The fourth-order valence-corrected chi connectivity index (χ4v) is 3.35. The zero-order chi connectivity index (χ0) is 15.1. The Morgan fingerprint density at radius 2 is 1.55 bits per heavy atom. The van der Waals surface area contributed by atoms with Gasteiger partial charge in [-0.25, -0.2) is 4.98 Å². The molecule has 106 valence electrons. The Morgan fingerprint density at radius 3 is 2.09 bits per heavy atom. The quantitative estimate of drug-likeness (QED) is 0.410. The number of fused-ring (bicyclic) bond motifs is 2. The molecule has 4 aromatic rings. The number of imidazole rings is 1. The lowest BCUT2D eigenvalue weighted by atomic mass is 9.95. The molecule has 4 heteroatoms. The third-order valence-corrected chi connectivity index (χ3v) is 4.37. The van der Waals surface area contributed by atoms with Gasteiger partial charge in [-0.1, -0.05) is 48.5 Å². The number of hydrogen-bond acceptors (Lipinski definition) is 2. The van der Waals surface area contributed by atoms with Crippen molar-refractivity contribution in [3.63, 3.8) is 0 Å². The predicted molar refractivity (Wildman–Crippen MR) is 92.1 cm³/mol. The molecule has 0 saturated carbocycles. The molecule has 4 rings (SSSR count). The van der Waals surface area contributed by atoms with E-state index in [1.54, 1.807) is 0 Å². The van der Waals surface area contributed by atoms with Crippen LogP contribution in [-0.4, -0.2) is 16.3 Å². The summed E-state index contributed by atoms with van der Waals surface area (Å²) in [5.74, 6) is 0.318. The van der Waals surface area contributed by atoms with Crippen molar-refractivity contribution in [2.24, 2.45) is 0 Å². The fraction of sp³-hybridized carbons (Fsp3) is 0. The summed E-state index contributed by atoms with van der Waals surface area (Å²) in [4.78, 5) is 18.4. The molecule has 0 unspecified atom stereocenters. The number of aldehydes is 1. The predicted octanol–water partition coefficient (Wildman–Crippen LogP) is 4.96. The fourth-order valence-electron chi connectivity index (χ4n) is 2.86. The molecule has 0 atom stereocenters. The number of benzene rings is 3. The molecule has 0 amide bonds. The second-order valence-electron chi connectivity index (χ2n) is 5.10. The second kappa shape index (κ2) is 5.07. The van der Waals surface area contributed by atoms with Crippen LogP contribution in [0.4, 0.5) is 0 Å². The minimum Gasteiger partial charge on any atom is -0.330 e. The molecule has 0 saturated heterocycles. The number of halogens is 1. The van der Waals surface area contributed by atoms with Crippen molar-refractivity contribution in [2.45, 2.75) is 0 Å². The molecule has 3 aromatic carbocycles. The van der Waals surface area contributed by atoms with Crippen molar-refractivity contribution in [2.75, 3.05) is 0 Å². The number of nitrogens with zero attached hydrogens (tertiary/aromatic N) is 1. The van der Waals surface area contributed by atoms with Gasteiger partial charge in [-0.2, -0.15) is 0 Å². The van der Waals surface area contributed by atoms with E-state index >= 15 is 0 Å². The molecule has 0 bridgehead atoms. The Labute approximate surface area is 135 Å². The van der Waals surface area contributed by atoms with Crippen LogP contribution < -0.4 is 0 Å². The highest BCUT2D eigenvalue weighted by molar-refractivity contribution is 9.10. The molecule has 1 heterocycles. The highest BCUT2D eigenvalue weighted by Crippen LogP contribution is 2.38. The minimum atomic E-state index is 0.318. The zero-order valence-corrected chi connectivity index (χ0v) is 13.1. The third kappa shape index (κ3) is 1.96. The first-order chi connectivity index (χ1) is 10.8. The van der Waals surface area contributed by atoms with Gasteiger partial charge in [0.2, 0.25) is 0 Å². The summed E-state index contributed by atoms with van der Waals surface area (Å²) in [5, 5.41) is 4.54. The summed E-state index contributed by atoms with van der Waals surface area (Å²) in [6, 6.07) is 18.6. The number of carbonyl (C=O) groups is 1. The first-order valence-electron chi connectivity index (χ1n) is 6.89. The summed E-state index contributed by atoms with van der Waals surface area (Å²) in [7, 11) is 0. The summed E-state index contributed by atoms with van der Waals surface area (Å²) in [5.41, 5.74) is 1.79. The third-order valence-electron chi connectivity index (χ3n) is 3.80. The summed E-state index contributed by atoms with van der Waals surface area (Å²) in [6.45, 7) is 0. The van der Waals surface area contributed by atoms with Gasteiger partial charge < -0.3 is 4.98 Å². The van der Waals surface area contributed by atoms with Gasteiger partial charge in [0.1, 0.15) is 10.3 Å². The van der Waals surface area contributed by atoms with Gasteiger partial charge in [0.05, 0.1) is 0 Å². The van der Waals surface area contributed by atoms with E-state index in [0.29, 0.717) is 5.82 Å². The maximum absolute atomic E-state index is 11.0. The van der Waals surface area contributed by atoms with Gasteiger partial charge in [0.15, 0.2) is 12.1 Å². The van der Waals surface area contributed by atoms with Crippen LogP contribution in [0.3, 0.4) is 0 Å². The average Bonchev–Trinajstić information content (AvgIpc) is 2.93. The largest absolute Gasteiger partial charge is 0.330 e. The van der Waals surface area contributed by atoms with E-state index in [1.807, 2.05) is 24.3 Å². The highest BCUT2D eigenvalue weighted by Gasteiger charge is 2.16. The molecule has 0 aliphatic carbocycles. The molecular formula is C18H11BrN2O. The maximum atomic E-state index is 11.0. The lowest BCUT2D eigenvalue weighted by Crippen LogP contribution is -1.87. The zero-order valence-electron chi connectivity index (χ0n) is 11.5. The topological polar surface area (TPSA) is 45.8 Å². The minimum absolute atomic E-state index is 0.318. The van der Waals surface area contributed by atoms with Crippen LogP contribution >= 0.6 is 15.9 Å². The molecule has 1 aromatic heterocycles. The molecule has 1 N–H and O–H groups in total. The first-order valence-corrected chi connectivity index (χ1v) is 7.69. The first kappa shape index (κ1) is 13.2. The number of rotatable bonds is 2. The Hall–Kier alpha value is -2.46. The monoisotopic (exact) mass is 350 g/mol. The SMILES string of the molecule is O=Cc1nc(-c2c3ccccc3cc3ccccc23)c(Br)[nH]1. The van der Waals surface area contributed by atoms with Crippen LogP contribution in [-0.2, 0) is 0 Å². The van der Waals surface area contributed by atoms with Gasteiger partial charge in [0.25, 0.3) is 0 Å². The van der Waals surface area contributed by atoms with E-state index in [4.69, 9.17) is 0 Å². The van der Waals surface area contributed by atoms with Gasteiger partial charge in [-0.3, -0.25) is 4.79 Å². The number of nitrogens with one attached hydrogen (secondary N) is 1. The summed E-state index contributed by atoms with van der Waals surface area (Å²) in [6.07, 6.45) is 0.724. The van der Waals surface area contributed by atoms with Crippen LogP contribution in [0.5, 0.6) is 0 Å². The van der Waals surface area contributed by atoms with Gasteiger partial charge in [-0.15, -0.1) is 0 Å². The second-order valence-corrected chi connectivity index (χ2v) is 5.89. The number of aromatic nitrogens is 2. The normalized spacial score (nSPS) is 11.1. The van der Waals surface area contributed by atoms with Crippen molar-refractivity contribution in [3.05, 3.63) is 65.0 Å². The maximum Gasteiger partial charge on any atom is 0.185 e. The lowest BCUT2D eigenvalue weighted by molar-refractivity contribution is 0.111. The van der Waals surface area contributed by atoms with Crippen LogP contribution in [0, 0.1) is 0 Å². The summed E-state index contributed by atoms with van der Waals surface area (Å²) < 4.78 is 0.719. The Balaban J connectivity index is 2.21. The Bertz CT molecular complexity index is 966. The van der Waals surface area contributed by atoms with Crippen molar-refractivity contribution in [3.8, 4) is 11.3 Å². The molecule has 0 aliphatic heterocycles. The average molecular weight is 351 g/mol. The van der Waals surface area contributed by atoms with E-state index in [0.717, 1.165) is 43.7 Å². The van der Waals surface area contributed by atoms with E-state index in [9.17, 15) is 4.79 Å². The van der Waals surface area contributed by atoms with E-state index in [-0.39, 0.29) is 0 Å². The molecule has 3 nitrogen and oxygen atoms in total. The van der Waals surface area contributed by atoms with E-state index in [1.165, 1.54) is 0 Å². The van der Waals surface area contributed by atoms with Crippen LogP contribution in [0.2, 0.25) is 0 Å². The Morgan fingerprint density at radius 1 is 0.955 bits per heavy atom. The summed E-state index contributed by atoms with van der Waals surface area (Å²) >= 11 is 3.49. The lowest BCUT2D eigenvalue weighted by Gasteiger charge is -2.10. The van der Waals surface area contributed by atoms with Gasteiger partial charge in [-0.05, 0) is 43.5 Å². The van der Waals surface area contributed by atoms with E-state index < -0.39 is 0 Å². The standard InChI is InChI=1S/C18H11BrN2O/c19-18-17(20-15(10-22)21-18)16-13-7-3-1-5-11(13)9-12-6-2-4-8-14(12)16/h1-10H,(H,20,21). The van der Waals surface area contributed by atoms with Gasteiger partial charge in [0, 0.05) is 5.56 Å². The number of aromatic amines is 1. The number of carbonyl (C=O) groups excluding carboxylic acids is 1. The molecular weight excluding hydrogens is 340 g/mol. The highest BCUT2D eigenvalue weighted by atomic mass is 79.9. The molecule has 0 radical (unpaired) electrons. The van der Waals surface area contributed by atoms with Crippen molar-refractivity contribution < 1.29 is 4.79 Å². The van der Waals surface area contributed by atoms with Crippen LogP contribution in [0.1, 0.15) is 10.6 Å². The van der Waals surface area contributed by atoms with Crippen molar-refractivity contribution >= 4 is 43.8 Å². The molecule has 22 heavy (non-hydrogen) atoms. The molecule has 0 spiro atoms. The Kier molecular flexibility index (Phi) is 3.05. The number of hydrogen-bond donors (Lipinski definition) is 1. The van der Waals surface area contributed by atoms with Crippen molar-refractivity contribution in [1.82, 2.24) is 9.97 Å². The molecule has 0 aliphatic rings. The van der Waals surface area contributed by atoms with Crippen LogP contribution in [0.15, 0.2) is 59.2 Å². The van der Waals surface area contributed by atoms with Crippen molar-refractivity contribution in [1.29, 1.82) is 0 Å². The van der Waals surface area contributed by atoms with Gasteiger partial charge >= 0.3 is 0 Å². The molecule has 0 fully saturated rings. The van der Waals surface area contributed by atoms with Crippen LogP contribution in [0.25, 0.3) is 32.8 Å². The number of H-pyrrole nitrogens is 1.